The molecule has 12 heavy (non-hydrogen) atoms. The predicted octanol–water partition coefficient (Wildman–Crippen LogP) is 0.212. The van der Waals surface area contributed by atoms with Crippen LogP contribution in [0, 0.1) is 0 Å². The maximum atomic E-state index is 9.29. The van der Waals surface area contributed by atoms with E-state index in [0.717, 1.165) is 12.8 Å². The van der Waals surface area contributed by atoms with Gasteiger partial charge in [-0.2, -0.15) is 0 Å². The van der Waals surface area contributed by atoms with E-state index in [2.05, 4.69) is 18.7 Å². The molecule has 0 radical (unpaired) electrons. The normalized spacial score (nSPS) is 34.0. The first kappa shape index (κ1) is 9.96. The Labute approximate surface area is 74.0 Å². The lowest BCUT2D eigenvalue weighted by Gasteiger charge is -2.22. The average molecular weight is 173 g/mol. The van der Waals surface area contributed by atoms with Crippen LogP contribution in [0.25, 0.3) is 0 Å². The molecule has 0 amide bonds. The van der Waals surface area contributed by atoms with Gasteiger partial charge in [0.15, 0.2) is 0 Å². The van der Waals surface area contributed by atoms with Crippen molar-refractivity contribution in [1.29, 1.82) is 0 Å². The summed E-state index contributed by atoms with van der Waals surface area (Å²) in [6.45, 7) is 5.55. The Morgan fingerprint density at radius 2 is 1.83 bits per heavy atom. The largest absolute Gasteiger partial charge is 0.389 e. The summed E-state index contributed by atoms with van der Waals surface area (Å²) in [4.78, 5) is 2.15. The zero-order valence-electron chi connectivity index (χ0n) is 7.90. The van der Waals surface area contributed by atoms with Crippen LogP contribution in [0.4, 0.5) is 0 Å². The van der Waals surface area contributed by atoms with Gasteiger partial charge in [0.2, 0.25) is 0 Å². The number of aliphatic hydroxyl groups excluding tert-OH is 2. The predicted molar refractivity (Wildman–Crippen MR) is 48.0 cm³/mol. The van der Waals surface area contributed by atoms with Crippen LogP contribution in [-0.2, 0) is 0 Å². The highest BCUT2D eigenvalue weighted by Crippen LogP contribution is 2.15. The molecule has 1 heterocycles. The lowest BCUT2D eigenvalue weighted by molar-refractivity contribution is 0.0572. The maximum absolute atomic E-state index is 9.29. The Morgan fingerprint density at radius 3 is 2.25 bits per heavy atom. The van der Waals surface area contributed by atoms with Crippen molar-refractivity contribution in [3.63, 3.8) is 0 Å². The minimum Gasteiger partial charge on any atom is -0.389 e. The molecule has 1 aliphatic heterocycles. The molecule has 1 fully saturated rings. The fourth-order valence-electron chi connectivity index (χ4n) is 1.76. The first-order valence-electron chi connectivity index (χ1n) is 4.75. The maximum Gasteiger partial charge on any atom is 0.0938 e. The van der Waals surface area contributed by atoms with Crippen LogP contribution in [0.2, 0.25) is 0 Å². The second kappa shape index (κ2) is 4.21. The van der Waals surface area contributed by atoms with E-state index in [0.29, 0.717) is 19.1 Å². The molecule has 72 valence electrons. The second-order valence-corrected chi connectivity index (χ2v) is 3.73. The third-order valence-electron chi connectivity index (χ3n) is 2.62. The Hall–Kier alpha value is -0.120. The molecule has 2 N–H and O–H groups in total. The molecule has 0 aromatic rings. The minimum absolute atomic E-state index is 0.488. The van der Waals surface area contributed by atoms with E-state index in [1.54, 1.807) is 0 Å². The van der Waals surface area contributed by atoms with Gasteiger partial charge in [0.1, 0.15) is 0 Å². The zero-order valence-corrected chi connectivity index (χ0v) is 7.90. The number of aliphatic hydroxyl groups is 2. The quantitative estimate of drug-likeness (QED) is 0.641. The Kier molecular flexibility index (Phi) is 3.50. The highest BCUT2D eigenvalue weighted by Gasteiger charge is 2.31. The monoisotopic (exact) mass is 173 g/mol. The summed E-state index contributed by atoms with van der Waals surface area (Å²) in [6.07, 6.45) is 1.22. The highest BCUT2D eigenvalue weighted by atomic mass is 16.3. The van der Waals surface area contributed by atoms with E-state index in [4.69, 9.17) is 0 Å². The van der Waals surface area contributed by atoms with E-state index >= 15 is 0 Å². The van der Waals surface area contributed by atoms with E-state index in [1.165, 1.54) is 0 Å². The molecular formula is C9H19NO2. The minimum atomic E-state index is -0.538. The van der Waals surface area contributed by atoms with Crippen molar-refractivity contribution in [2.75, 3.05) is 13.1 Å². The topological polar surface area (TPSA) is 43.7 Å². The standard InChI is InChI=1S/C9H19NO2/c1-3-4-7(2)10-5-8(11)9(12)6-10/h7-9,11-12H,3-6H2,1-2H3. The van der Waals surface area contributed by atoms with Crippen LogP contribution >= 0.6 is 0 Å². The van der Waals surface area contributed by atoms with Crippen LogP contribution in [0.3, 0.4) is 0 Å². The fourth-order valence-corrected chi connectivity index (χ4v) is 1.76. The van der Waals surface area contributed by atoms with Crippen molar-refractivity contribution >= 4 is 0 Å². The van der Waals surface area contributed by atoms with Gasteiger partial charge in [-0.1, -0.05) is 13.3 Å². The summed E-state index contributed by atoms with van der Waals surface area (Å²) < 4.78 is 0. The molecule has 0 aliphatic carbocycles. The van der Waals surface area contributed by atoms with Crippen LogP contribution < -0.4 is 0 Å². The lowest BCUT2D eigenvalue weighted by Crippen LogP contribution is -2.31. The number of likely N-dealkylation sites (tertiary alicyclic amines) is 1. The van der Waals surface area contributed by atoms with Crippen LogP contribution in [0.5, 0.6) is 0 Å². The molecule has 0 spiro atoms. The molecule has 1 rings (SSSR count). The molecule has 0 bridgehead atoms. The highest BCUT2D eigenvalue weighted by molar-refractivity contribution is 4.85. The average Bonchev–Trinajstić information content (AvgIpc) is 2.33. The van der Waals surface area contributed by atoms with E-state index in [9.17, 15) is 10.2 Å². The SMILES string of the molecule is CCCC(C)N1CC(O)C(O)C1. The van der Waals surface area contributed by atoms with Crippen molar-refractivity contribution in [2.24, 2.45) is 0 Å². The zero-order chi connectivity index (χ0) is 9.14. The summed E-state index contributed by atoms with van der Waals surface area (Å²) in [5.41, 5.74) is 0. The third-order valence-corrected chi connectivity index (χ3v) is 2.62. The second-order valence-electron chi connectivity index (χ2n) is 3.73. The van der Waals surface area contributed by atoms with Gasteiger partial charge in [-0.3, -0.25) is 4.90 Å². The fraction of sp³-hybridized carbons (Fsp3) is 1.00. The molecular weight excluding hydrogens is 154 g/mol. The molecule has 0 aromatic heterocycles. The van der Waals surface area contributed by atoms with E-state index in [-0.39, 0.29) is 0 Å². The number of β-amino-alcohol motifs (C(OH)–C–C–N with tert-alkyl or cyclic N) is 2. The third kappa shape index (κ3) is 2.19. The van der Waals surface area contributed by atoms with Crippen LogP contribution in [0.15, 0.2) is 0 Å². The van der Waals surface area contributed by atoms with Gasteiger partial charge in [-0.25, -0.2) is 0 Å². The summed E-state index contributed by atoms with van der Waals surface area (Å²) >= 11 is 0. The van der Waals surface area contributed by atoms with Crippen molar-refractivity contribution in [3.05, 3.63) is 0 Å². The van der Waals surface area contributed by atoms with Crippen LogP contribution in [-0.4, -0.2) is 46.5 Å². The summed E-state index contributed by atoms with van der Waals surface area (Å²) in [5, 5.41) is 18.6. The van der Waals surface area contributed by atoms with E-state index < -0.39 is 12.2 Å². The van der Waals surface area contributed by atoms with Gasteiger partial charge < -0.3 is 10.2 Å². The van der Waals surface area contributed by atoms with Gasteiger partial charge in [0, 0.05) is 19.1 Å². The molecule has 1 saturated heterocycles. The first-order valence-corrected chi connectivity index (χ1v) is 4.75. The van der Waals surface area contributed by atoms with Crippen molar-refractivity contribution < 1.29 is 10.2 Å². The van der Waals surface area contributed by atoms with Gasteiger partial charge >= 0.3 is 0 Å². The molecule has 0 aromatic carbocycles. The van der Waals surface area contributed by atoms with Crippen molar-refractivity contribution in [3.8, 4) is 0 Å². The smallest absolute Gasteiger partial charge is 0.0938 e. The van der Waals surface area contributed by atoms with Crippen LogP contribution in [0.1, 0.15) is 26.7 Å². The summed E-state index contributed by atoms with van der Waals surface area (Å²) in [6, 6.07) is 0.488. The van der Waals surface area contributed by atoms with Gasteiger partial charge in [0.25, 0.3) is 0 Å². The number of rotatable bonds is 3. The molecule has 3 heteroatoms. The lowest BCUT2D eigenvalue weighted by atomic mass is 10.2. The number of hydrogen-bond acceptors (Lipinski definition) is 3. The van der Waals surface area contributed by atoms with E-state index in [1.807, 2.05) is 0 Å². The van der Waals surface area contributed by atoms with Crippen molar-refractivity contribution in [1.82, 2.24) is 4.90 Å². The molecule has 3 unspecified atom stereocenters. The molecule has 0 saturated carbocycles. The molecule has 1 aliphatic rings. The Bertz CT molecular complexity index is 130. The number of hydrogen-bond donors (Lipinski definition) is 2. The first-order chi connectivity index (χ1) is 5.65. The molecule has 3 atom stereocenters. The molecule has 3 nitrogen and oxygen atoms in total. The Balaban J connectivity index is 2.35. The van der Waals surface area contributed by atoms with Gasteiger partial charge in [0.05, 0.1) is 12.2 Å². The van der Waals surface area contributed by atoms with Gasteiger partial charge in [-0.05, 0) is 13.3 Å². The number of nitrogens with zero attached hydrogens (tertiary/aromatic N) is 1. The summed E-state index contributed by atoms with van der Waals surface area (Å²) in [5.74, 6) is 0. The van der Waals surface area contributed by atoms with Gasteiger partial charge in [-0.15, -0.1) is 0 Å². The Morgan fingerprint density at radius 1 is 1.33 bits per heavy atom. The van der Waals surface area contributed by atoms with Crippen molar-refractivity contribution in [2.45, 2.75) is 44.9 Å². The summed E-state index contributed by atoms with van der Waals surface area (Å²) in [7, 11) is 0.